The lowest BCUT2D eigenvalue weighted by Gasteiger charge is -2.30. The summed E-state index contributed by atoms with van der Waals surface area (Å²) >= 11 is 1.20. The number of anilines is 2. The molecule has 2 aromatic heterocycles. The minimum atomic E-state index is -0.130. The Kier molecular flexibility index (Phi) is 5.83. The number of hydrogen-bond donors (Lipinski definition) is 1. The summed E-state index contributed by atoms with van der Waals surface area (Å²) in [7, 11) is 0. The molecule has 1 aromatic carbocycles. The Morgan fingerprint density at radius 2 is 1.89 bits per heavy atom. The van der Waals surface area contributed by atoms with Gasteiger partial charge in [0.25, 0.3) is 5.22 Å². The van der Waals surface area contributed by atoms with E-state index in [2.05, 4.69) is 25.4 Å². The van der Waals surface area contributed by atoms with Crippen molar-refractivity contribution >= 4 is 29.0 Å². The van der Waals surface area contributed by atoms with Crippen molar-refractivity contribution in [1.29, 1.82) is 0 Å². The van der Waals surface area contributed by atoms with E-state index >= 15 is 0 Å². The minimum Gasteiger partial charge on any atom is -0.411 e. The van der Waals surface area contributed by atoms with E-state index < -0.39 is 0 Å². The zero-order valence-electron chi connectivity index (χ0n) is 15.1. The van der Waals surface area contributed by atoms with E-state index in [-0.39, 0.29) is 11.7 Å². The number of ether oxygens (including phenoxy) is 1. The van der Waals surface area contributed by atoms with Crippen LogP contribution in [0.1, 0.15) is 0 Å². The Morgan fingerprint density at radius 3 is 2.71 bits per heavy atom. The number of aromatic nitrogens is 3. The lowest BCUT2D eigenvalue weighted by atomic mass is 10.2. The standard InChI is InChI=1S/C19H19N5O3S/c25-17(13-28-19-23-22-18(27-19)14-5-7-20-8-6-14)21-15-3-1-2-4-16(15)24-9-11-26-12-10-24/h1-8H,9-13H2,(H,21,25). The Labute approximate surface area is 166 Å². The number of rotatable bonds is 6. The third kappa shape index (κ3) is 4.49. The van der Waals surface area contributed by atoms with Crippen LogP contribution >= 0.6 is 11.8 Å². The third-order valence-corrected chi connectivity index (χ3v) is 5.01. The van der Waals surface area contributed by atoms with Crippen LogP contribution in [0.4, 0.5) is 11.4 Å². The normalized spacial score (nSPS) is 14.1. The van der Waals surface area contributed by atoms with Crippen molar-refractivity contribution in [2.24, 2.45) is 0 Å². The Balaban J connectivity index is 1.36. The highest BCUT2D eigenvalue weighted by Crippen LogP contribution is 2.27. The monoisotopic (exact) mass is 397 g/mol. The first-order chi connectivity index (χ1) is 13.8. The van der Waals surface area contributed by atoms with Crippen LogP contribution in [0, 0.1) is 0 Å². The predicted octanol–water partition coefficient (Wildman–Crippen LogP) is 2.70. The maximum atomic E-state index is 12.4. The molecule has 0 aliphatic carbocycles. The highest BCUT2D eigenvalue weighted by atomic mass is 32.2. The first-order valence-electron chi connectivity index (χ1n) is 8.88. The van der Waals surface area contributed by atoms with Crippen LogP contribution in [0.25, 0.3) is 11.5 Å². The molecule has 144 valence electrons. The van der Waals surface area contributed by atoms with Crippen LogP contribution < -0.4 is 10.2 Å². The van der Waals surface area contributed by atoms with Crippen molar-refractivity contribution in [2.75, 3.05) is 42.3 Å². The average Bonchev–Trinajstić information content (AvgIpc) is 3.23. The molecule has 28 heavy (non-hydrogen) atoms. The zero-order chi connectivity index (χ0) is 19.2. The van der Waals surface area contributed by atoms with Gasteiger partial charge in [0.2, 0.25) is 11.8 Å². The average molecular weight is 397 g/mol. The second kappa shape index (κ2) is 8.85. The number of carbonyl (C=O) groups is 1. The van der Waals surface area contributed by atoms with Gasteiger partial charge in [-0.15, -0.1) is 10.2 Å². The second-order valence-electron chi connectivity index (χ2n) is 6.06. The third-order valence-electron chi connectivity index (χ3n) is 4.19. The first kappa shape index (κ1) is 18.5. The molecular weight excluding hydrogens is 378 g/mol. The molecule has 0 unspecified atom stereocenters. The van der Waals surface area contributed by atoms with Crippen LogP contribution in [0.5, 0.6) is 0 Å². The van der Waals surface area contributed by atoms with Gasteiger partial charge in [0.1, 0.15) is 0 Å². The summed E-state index contributed by atoms with van der Waals surface area (Å²) in [5.41, 5.74) is 2.58. The van der Waals surface area contributed by atoms with E-state index in [0.29, 0.717) is 24.3 Å². The quantitative estimate of drug-likeness (QED) is 0.635. The summed E-state index contributed by atoms with van der Waals surface area (Å²) in [6.45, 7) is 2.99. The molecule has 1 aliphatic rings. The molecule has 1 N–H and O–H groups in total. The molecule has 8 nitrogen and oxygen atoms in total. The van der Waals surface area contributed by atoms with E-state index in [4.69, 9.17) is 9.15 Å². The van der Waals surface area contributed by atoms with Crippen molar-refractivity contribution in [3.63, 3.8) is 0 Å². The molecule has 0 saturated carbocycles. The second-order valence-corrected chi connectivity index (χ2v) is 6.99. The fourth-order valence-electron chi connectivity index (χ4n) is 2.85. The van der Waals surface area contributed by atoms with Crippen LogP contribution in [0.3, 0.4) is 0 Å². The lowest BCUT2D eigenvalue weighted by Crippen LogP contribution is -2.36. The van der Waals surface area contributed by atoms with Crippen LogP contribution in [-0.4, -0.2) is 53.1 Å². The van der Waals surface area contributed by atoms with Gasteiger partial charge in [-0.1, -0.05) is 23.9 Å². The van der Waals surface area contributed by atoms with Gasteiger partial charge in [-0.05, 0) is 24.3 Å². The van der Waals surface area contributed by atoms with Gasteiger partial charge in [-0.25, -0.2) is 0 Å². The summed E-state index contributed by atoms with van der Waals surface area (Å²) in [4.78, 5) is 18.6. The fraction of sp³-hybridized carbons (Fsp3) is 0.263. The number of pyridine rings is 1. The van der Waals surface area contributed by atoms with Gasteiger partial charge < -0.3 is 19.4 Å². The lowest BCUT2D eigenvalue weighted by molar-refractivity contribution is -0.113. The predicted molar refractivity (Wildman–Crippen MR) is 106 cm³/mol. The highest BCUT2D eigenvalue weighted by molar-refractivity contribution is 7.99. The van der Waals surface area contributed by atoms with Gasteiger partial charge >= 0.3 is 0 Å². The highest BCUT2D eigenvalue weighted by Gasteiger charge is 2.16. The summed E-state index contributed by atoms with van der Waals surface area (Å²) in [6, 6.07) is 11.4. The zero-order valence-corrected chi connectivity index (χ0v) is 15.9. The number of morpholine rings is 1. The van der Waals surface area contributed by atoms with Crippen LogP contribution in [0.2, 0.25) is 0 Å². The number of benzene rings is 1. The van der Waals surface area contributed by atoms with Gasteiger partial charge in [-0.2, -0.15) is 0 Å². The molecule has 0 atom stereocenters. The number of nitrogens with zero attached hydrogens (tertiary/aromatic N) is 4. The van der Waals surface area contributed by atoms with Gasteiger partial charge in [-0.3, -0.25) is 9.78 Å². The Morgan fingerprint density at radius 1 is 1.11 bits per heavy atom. The minimum absolute atomic E-state index is 0.130. The van der Waals surface area contributed by atoms with Crippen molar-refractivity contribution in [3.05, 3.63) is 48.8 Å². The number of hydrogen-bond acceptors (Lipinski definition) is 8. The molecule has 0 bridgehead atoms. The van der Waals surface area contributed by atoms with Gasteiger partial charge in [0.15, 0.2) is 0 Å². The van der Waals surface area contributed by atoms with Gasteiger partial charge in [0.05, 0.1) is 30.3 Å². The molecule has 3 heterocycles. The molecule has 1 fully saturated rings. The van der Waals surface area contributed by atoms with Crippen LogP contribution in [0.15, 0.2) is 58.4 Å². The SMILES string of the molecule is O=C(CSc1nnc(-c2ccncc2)o1)Nc1ccccc1N1CCOCC1. The van der Waals surface area contributed by atoms with E-state index in [1.807, 2.05) is 24.3 Å². The Hall–Kier alpha value is -2.91. The van der Waals surface area contributed by atoms with E-state index in [1.54, 1.807) is 24.5 Å². The summed E-state index contributed by atoms with van der Waals surface area (Å²) in [6.07, 6.45) is 3.32. The largest absolute Gasteiger partial charge is 0.411 e. The van der Waals surface area contributed by atoms with E-state index in [9.17, 15) is 4.79 Å². The summed E-state index contributed by atoms with van der Waals surface area (Å²) in [5, 5.41) is 11.3. The molecular formula is C19H19N5O3S. The summed E-state index contributed by atoms with van der Waals surface area (Å²) < 4.78 is 11.0. The fourth-order valence-corrected chi connectivity index (χ4v) is 3.42. The van der Waals surface area contributed by atoms with Crippen LogP contribution in [-0.2, 0) is 9.53 Å². The van der Waals surface area contributed by atoms with Crippen molar-refractivity contribution in [1.82, 2.24) is 15.2 Å². The maximum absolute atomic E-state index is 12.4. The van der Waals surface area contributed by atoms with Gasteiger partial charge in [0, 0.05) is 31.0 Å². The van der Waals surface area contributed by atoms with Crippen molar-refractivity contribution < 1.29 is 13.9 Å². The molecule has 0 spiro atoms. The Bertz CT molecular complexity index is 928. The summed E-state index contributed by atoms with van der Waals surface area (Å²) in [5.74, 6) is 0.451. The molecule has 9 heteroatoms. The molecule has 1 amide bonds. The number of carbonyl (C=O) groups excluding carboxylic acids is 1. The molecule has 4 rings (SSSR count). The molecule has 1 aliphatic heterocycles. The smallest absolute Gasteiger partial charge is 0.277 e. The number of para-hydroxylation sites is 2. The number of thioether (sulfide) groups is 1. The topological polar surface area (TPSA) is 93.4 Å². The number of nitrogens with one attached hydrogen (secondary N) is 1. The van der Waals surface area contributed by atoms with E-state index in [1.165, 1.54) is 11.8 Å². The maximum Gasteiger partial charge on any atom is 0.277 e. The van der Waals surface area contributed by atoms with Crippen molar-refractivity contribution in [2.45, 2.75) is 5.22 Å². The molecule has 0 radical (unpaired) electrons. The van der Waals surface area contributed by atoms with Crippen molar-refractivity contribution in [3.8, 4) is 11.5 Å². The van der Waals surface area contributed by atoms with E-state index in [0.717, 1.165) is 30.0 Å². The molecule has 3 aromatic rings. The number of amides is 1. The molecule has 1 saturated heterocycles. The first-order valence-corrected chi connectivity index (χ1v) is 9.86.